The lowest BCUT2D eigenvalue weighted by Crippen LogP contribution is -2.49. The molecule has 0 aliphatic carbocycles. The Morgan fingerprint density at radius 1 is 0.727 bits per heavy atom. The first-order valence-electron chi connectivity index (χ1n) is 11.6. The fraction of sp³-hybridized carbons (Fsp3) is 0.333. The highest BCUT2D eigenvalue weighted by molar-refractivity contribution is 6.33. The molecule has 1 saturated heterocycles. The minimum absolute atomic E-state index is 0.453. The third-order valence-corrected chi connectivity index (χ3v) is 7.15. The Morgan fingerprint density at radius 2 is 1.30 bits per heavy atom. The van der Waals surface area contributed by atoms with Gasteiger partial charge in [-0.3, -0.25) is 4.90 Å². The molecule has 172 valence electrons. The quantitative estimate of drug-likeness (QED) is 0.387. The molecule has 6 heteroatoms. The number of piperazine rings is 1. The molecule has 0 amide bonds. The molecule has 1 aromatic heterocycles. The molecule has 1 atom stereocenters. The summed E-state index contributed by atoms with van der Waals surface area (Å²) in [5.74, 6) is 0. The maximum absolute atomic E-state index is 11.0. The molecular weight excluding hydrogens is 453 g/mol. The highest BCUT2D eigenvalue weighted by Crippen LogP contribution is 2.33. The van der Waals surface area contributed by atoms with Crippen molar-refractivity contribution in [2.45, 2.75) is 19.1 Å². The van der Waals surface area contributed by atoms with Crippen LogP contribution < -0.4 is 0 Å². The number of halogens is 2. The van der Waals surface area contributed by atoms with E-state index in [1.165, 1.54) is 5.56 Å². The maximum atomic E-state index is 11.0. The summed E-state index contributed by atoms with van der Waals surface area (Å²) in [4.78, 5) is 4.90. The summed E-state index contributed by atoms with van der Waals surface area (Å²) in [6, 6.07) is 22.5. The van der Waals surface area contributed by atoms with Crippen LogP contribution in [0.2, 0.25) is 10.0 Å². The first kappa shape index (κ1) is 22.7. The number of aromatic nitrogens is 1. The Bertz CT molecular complexity index is 1170. The second-order valence-corrected chi connectivity index (χ2v) is 9.84. The Labute approximate surface area is 204 Å². The molecule has 2 heterocycles. The van der Waals surface area contributed by atoms with E-state index in [9.17, 15) is 5.11 Å². The minimum Gasteiger partial charge on any atom is -0.390 e. The molecule has 0 bridgehead atoms. The number of benzene rings is 3. The highest BCUT2D eigenvalue weighted by atomic mass is 35.5. The van der Waals surface area contributed by atoms with Crippen molar-refractivity contribution >= 4 is 45.0 Å². The molecule has 1 fully saturated rings. The van der Waals surface area contributed by atoms with Crippen molar-refractivity contribution in [1.29, 1.82) is 0 Å². The topological polar surface area (TPSA) is 31.6 Å². The molecule has 33 heavy (non-hydrogen) atoms. The van der Waals surface area contributed by atoms with E-state index in [0.29, 0.717) is 23.1 Å². The van der Waals surface area contributed by atoms with Gasteiger partial charge in [0.1, 0.15) is 0 Å². The largest absolute Gasteiger partial charge is 0.390 e. The van der Waals surface area contributed by atoms with Gasteiger partial charge in [0.2, 0.25) is 0 Å². The van der Waals surface area contributed by atoms with Gasteiger partial charge in [-0.1, -0.05) is 53.5 Å². The molecule has 1 unspecified atom stereocenters. The molecule has 4 aromatic rings. The molecule has 1 N–H and O–H groups in total. The summed E-state index contributed by atoms with van der Waals surface area (Å²) in [7, 11) is 0. The van der Waals surface area contributed by atoms with Crippen LogP contribution in [0.25, 0.3) is 21.8 Å². The molecule has 1 aliphatic heterocycles. The van der Waals surface area contributed by atoms with Gasteiger partial charge in [0.05, 0.1) is 12.6 Å². The van der Waals surface area contributed by atoms with Crippen LogP contribution in [-0.2, 0) is 13.0 Å². The van der Waals surface area contributed by atoms with Gasteiger partial charge < -0.3 is 14.6 Å². The number of hydrogen-bond donors (Lipinski definition) is 1. The van der Waals surface area contributed by atoms with Crippen molar-refractivity contribution in [1.82, 2.24) is 14.4 Å². The SMILES string of the molecule is OC(CN1CCN(CCc2ccccc2)CC1)Cn1c2ccc(Cl)cc2c2cc(Cl)ccc21. The summed E-state index contributed by atoms with van der Waals surface area (Å²) in [6.07, 6.45) is 0.636. The van der Waals surface area contributed by atoms with Crippen molar-refractivity contribution in [3.05, 3.63) is 82.3 Å². The van der Waals surface area contributed by atoms with Gasteiger partial charge in [-0.05, 0) is 48.4 Å². The maximum Gasteiger partial charge on any atom is 0.0845 e. The molecule has 0 radical (unpaired) electrons. The van der Waals surface area contributed by atoms with Gasteiger partial charge in [-0.2, -0.15) is 0 Å². The molecule has 1 aliphatic rings. The van der Waals surface area contributed by atoms with Crippen LogP contribution in [0.5, 0.6) is 0 Å². The van der Waals surface area contributed by atoms with E-state index >= 15 is 0 Å². The smallest absolute Gasteiger partial charge is 0.0845 e. The van der Waals surface area contributed by atoms with Crippen molar-refractivity contribution < 1.29 is 5.11 Å². The number of hydrogen-bond acceptors (Lipinski definition) is 3. The van der Waals surface area contributed by atoms with Gasteiger partial charge in [-0.15, -0.1) is 0 Å². The Morgan fingerprint density at radius 3 is 1.91 bits per heavy atom. The van der Waals surface area contributed by atoms with Crippen LogP contribution in [0.1, 0.15) is 5.56 Å². The number of aliphatic hydroxyl groups is 1. The van der Waals surface area contributed by atoms with E-state index in [-0.39, 0.29) is 0 Å². The van der Waals surface area contributed by atoms with Crippen LogP contribution in [0.3, 0.4) is 0 Å². The van der Waals surface area contributed by atoms with Crippen LogP contribution in [0.4, 0.5) is 0 Å². The van der Waals surface area contributed by atoms with Crippen LogP contribution >= 0.6 is 23.2 Å². The number of nitrogens with zero attached hydrogens (tertiary/aromatic N) is 3. The fourth-order valence-electron chi connectivity index (χ4n) is 4.94. The van der Waals surface area contributed by atoms with E-state index in [4.69, 9.17) is 23.2 Å². The number of fused-ring (bicyclic) bond motifs is 3. The number of β-amino-alcohol motifs (C(OH)–C–C–N with tert-alkyl or cyclic N) is 1. The lowest BCUT2D eigenvalue weighted by atomic mass is 10.1. The Kier molecular flexibility index (Phi) is 6.91. The van der Waals surface area contributed by atoms with Gasteiger partial charge >= 0.3 is 0 Å². The number of aliphatic hydroxyl groups excluding tert-OH is 1. The second kappa shape index (κ2) is 10.0. The minimum atomic E-state index is -0.453. The average molecular weight is 482 g/mol. The first-order chi connectivity index (χ1) is 16.1. The molecule has 3 aromatic carbocycles. The third-order valence-electron chi connectivity index (χ3n) is 6.68. The van der Waals surface area contributed by atoms with E-state index in [1.807, 2.05) is 36.4 Å². The molecule has 4 nitrogen and oxygen atoms in total. The molecule has 0 saturated carbocycles. The van der Waals surface area contributed by atoms with Crippen molar-refractivity contribution in [2.24, 2.45) is 0 Å². The van der Waals surface area contributed by atoms with Crippen LogP contribution in [0, 0.1) is 0 Å². The predicted octanol–water partition coefficient (Wildman–Crippen LogP) is 5.32. The van der Waals surface area contributed by atoms with Crippen molar-refractivity contribution in [3.63, 3.8) is 0 Å². The van der Waals surface area contributed by atoms with Gasteiger partial charge in [-0.25, -0.2) is 0 Å². The zero-order chi connectivity index (χ0) is 22.8. The zero-order valence-electron chi connectivity index (χ0n) is 18.6. The van der Waals surface area contributed by atoms with Crippen molar-refractivity contribution in [3.8, 4) is 0 Å². The zero-order valence-corrected chi connectivity index (χ0v) is 20.1. The average Bonchev–Trinajstić information content (AvgIpc) is 3.11. The number of rotatable bonds is 7. The normalized spacial score (nSPS) is 16.6. The van der Waals surface area contributed by atoms with E-state index < -0.39 is 6.10 Å². The first-order valence-corrected chi connectivity index (χ1v) is 12.4. The van der Waals surface area contributed by atoms with E-state index in [0.717, 1.165) is 61.0 Å². The Hall–Kier alpha value is -2.08. The van der Waals surface area contributed by atoms with Gasteiger partial charge in [0, 0.05) is 71.1 Å². The van der Waals surface area contributed by atoms with E-state index in [1.54, 1.807) is 0 Å². The summed E-state index contributed by atoms with van der Waals surface area (Å²) in [5.41, 5.74) is 3.53. The predicted molar refractivity (Wildman–Crippen MR) is 138 cm³/mol. The molecule has 0 spiro atoms. The third kappa shape index (κ3) is 5.21. The van der Waals surface area contributed by atoms with Crippen molar-refractivity contribution in [2.75, 3.05) is 39.3 Å². The van der Waals surface area contributed by atoms with Crippen LogP contribution in [0.15, 0.2) is 66.7 Å². The summed E-state index contributed by atoms with van der Waals surface area (Å²) >= 11 is 12.5. The highest BCUT2D eigenvalue weighted by Gasteiger charge is 2.21. The van der Waals surface area contributed by atoms with Gasteiger partial charge in [0.25, 0.3) is 0 Å². The second-order valence-electron chi connectivity index (χ2n) is 8.97. The van der Waals surface area contributed by atoms with Crippen LogP contribution in [-0.4, -0.2) is 64.8 Å². The van der Waals surface area contributed by atoms with E-state index in [2.05, 4.69) is 44.7 Å². The molecular formula is C27H29Cl2N3O. The standard InChI is InChI=1S/C27H29Cl2N3O/c28-21-6-8-26-24(16-21)25-17-22(29)7-9-27(25)32(26)19-23(33)18-31-14-12-30(13-15-31)11-10-20-4-2-1-3-5-20/h1-9,16-17,23,33H,10-15,18-19H2. The Balaban J connectivity index is 1.21. The summed E-state index contributed by atoms with van der Waals surface area (Å²) < 4.78 is 2.19. The monoisotopic (exact) mass is 481 g/mol. The molecule has 5 rings (SSSR count). The summed E-state index contributed by atoms with van der Waals surface area (Å²) in [5, 5.41) is 14.5. The fourth-order valence-corrected chi connectivity index (χ4v) is 5.28. The summed E-state index contributed by atoms with van der Waals surface area (Å²) in [6.45, 7) is 6.38. The van der Waals surface area contributed by atoms with Gasteiger partial charge in [0.15, 0.2) is 0 Å². The lowest BCUT2D eigenvalue weighted by Gasteiger charge is -2.35. The lowest BCUT2D eigenvalue weighted by molar-refractivity contribution is 0.0659.